The molecule has 3 heteroatoms. The monoisotopic (exact) mass is 282 g/mol. The van der Waals surface area contributed by atoms with E-state index in [0.29, 0.717) is 0 Å². The van der Waals surface area contributed by atoms with E-state index in [2.05, 4.69) is 46.4 Å². The third-order valence-electron chi connectivity index (χ3n) is 5.54. The van der Waals surface area contributed by atoms with Gasteiger partial charge in [0.15, 0.2) is 0 Å². The van der Waals surface area contributed by atoms with E-state index in [1.54, 1.807) is 0 Å². The van der Waals surface area contributed by atoms with Crippen molar-refractivity contribution in [1.82, 2.24) is 4.90 Å². The molecule has 0 aromatic rings. The van der Waals surface area contributed by atoms with Crippen LogP contribution in [-0.4, -0.2) is 41.3 Å². The van der Waals surface area contributed by atoms with Crippen LogP contribution in [0.1, 0.15) is 67.2 Å². The molecule has 2 N–H and O–H groups in total. The first kappa shape index (κ1) is 16.3. The Balaban J connectivity index is 2.35. The van der Waals surface area contributed by atoms with Crippen LogP contribution in [0, 0.1) is 5.41 Å². The predicted octanol–water partition coefficient (Wildman–Crippen LogP) is 3.17. The average molecular weight is 282 g/mol. The van der Waals surface area contributed by atoms with E-state index in [1.165, 1.54) is 25.7 Å². The molecule has 118 valence electrons. The molecule has 1 atom stereocenters. The summed E-state index contributed by atoms with van der Waals surface area (Å²) in [6, 6.07) is 0. The third kappa shape index (κ3) is 2.77. The third-order valence-corrected chi connectivity index (χ3v) is 5.54. The number of ether oxygens (including phenoxy) is 1. The van der Waals surface area contributed by atoms with Crippen LogP contribution in [0.5, 0.6) is 0 Å². The van der Waals surface area contributed by atoms with Crippen LogP contribution in [0.15, 0.2) is 0 Å². The second-order valence-electron chi connectivity index (χ2n) is 8.80. The minimum atomic E-state index is -0.0998. The first-order chi connectivity index (χ1) is 9.04. The Bertz CT molecular complexity index is 346. The van der Waals surface area contributed by atoms with Crippen molar-refractivity contribution >= 4 is 0 Å². The van der Waals surface area contributed by atoms with Gasteiger partial charge in [-0.2, -0.15) is 0 Å². The molecule has 1 aliphatic carbocycles. The van der Waals surface area contributed by atoms with Gasteiger partial charge in [0.1, 0.15) is 0 Å². The molecule has 1 aliphatic heterocycles. The maximum Gasteiger partial charge on any atom is 0.0761 e. The number of rotatable bonds is 2. The van der Waals surface area contributed by atoms with Crippen molar-refractivity contribution < 1.29 is 4.74 Å². The molecule has 3 nitrogen and oxygen atoms in total. The van der Waals surface area contributed by atoms with Crippen molar-refractivity contribution in [1.29, 1.82) is 0 Å². The highest BCUT2D eigenvalue weighted by atomic mass is 16.5. The van der Waals surface area contributed by atoms with Crippen LogP contribution in [0.4, 0.5) is 0 Å². The van der Waals surface area contributed by atoms with Crippen molar-refractivity contribution in [3.8, 4) is 0 Å². The quantitative estimate of drug-likeness (QED) is 0.845. The maximum absolute atomic E-state index is 6.34. The Morgan fingerprint density at radius 1 is 0.900 bits per heavy atom. The van der Waals surface area contributed by atoms with Gasteiger partial charge in [-0.25, -0.2) is 0 Å². The lowest BCUT2D eigenvalue weighted by Crippen LogP contribution is -2.71. The Hall–Kier alpha value is -0.120. The summed E-state index contributed by atoms with van der Waals surface area (Å²) in [6.45, 7) is 16.4. The Kier molecular flexibility index (Phi) is 4.03. The van der Waals surface area contributed by atoms with Crippen LogP contribution >= 0.6 is 0 Å². The van der Waals surface area contributed by atoms with Crippen molar-refractivity contribution in [2.45, 2.75) is 84.0 Å². The van der Waals surface area contributed by atoms with Crippen LogP contribution < -0.4 is 5.73 Å². The molecule has 1 unspecified atom stereocenters. The zero-order valence-electron chi connectivity index (χ0n) is 14.4. The molecule has 0 amide bonds. The fraction of sp³-hybridized carbons (Fsp3) is 1.00. The molecule has 1 saturated carbocycles. The lowest BCUT2D eigenvalue weighted by atomic mass is 9.61. The van der Waals surface area contributed by atoms with E-state index in [4.69, 9.17) is 10.5 Å². The van der Waals surface area contributed by atoms with Gasteiger partial charge in [-0.3, -0.25) is 4.90 Å². The second kappa shape index (κ2) is 4.96. The number of nitrogens with two attached hydrogens (primary N) is 1. The highest BCUT2D eigenvalue weighted by molar-refractivity contribution is 5.08. The van der Waals surface area contributed by atoms with Gasteiger partial charge >= 0.3 is 0 Å². The van der Waals surface area contributed by atoms with Crippen molar-refractivity contribution in [3.05, 3.63) is 0 Å². The topological polar surface area (TPSA) is 38.5 Å². The van der Waals surface area contributed by atoms with Crippen LogP contribution in [0.3, 0.4) is 0 Å². The van der Waals surface area contributed by atoms with E-state index < -0.39 is 0 Å². The minimum absolute atomic E-state index is 0.0998. The number of hydrogen-bond donors (Lipinski definition) is 1. The van der Waals surface area contributed by atoms with E-state index >= 15 is 0 Å². The van der Waals surface area contributed by atoms with Gasteiger partial charge < -0.3 is 10.5 Å². The lowest BCUT2D eigenvalue weighted by molar-refractivity contribution is -0.215. The van der Waals surface area contributed by atoms with Gasteiger partial charge in [-0.05, 0) is 46.0 Å². The summed E-state index contributed by atoms with van der Waals surface area (Å²) >= 11 is 0. The molecule has 2 rings (SSSR count). The summed E-state index contributed by atoms with van der Waals surface area (Å²) in [4.78, 5) is 2.66. The molecule has 20 heavy (non-hydrogen) atoms. The minimum Gasteiger partial charge on any atom is -0.367 e. The van der Waals surface area contributed by atoms with Gasteiger partial charge in [0, 0.05) is 25.2 Å². The predicted molar refractivity (Wildman–Crippen MR) is 84.9 cm³/mol. The number of nitrogens with zero attached hydrogens (tertiary/aromatic N) is 1. The normalized spacial score (nSPS) is 36.8. The largest absolute Gasteiger partial charge is 0.367 e. The summed E-state index contributed by atoms with van der Waals surface area (Å²) in [5, 5.41) is 0. The molecule has 0 bridgehead atoms. The standard InChI is InChI=1S/C17H34N2O/c1-14(2)9-7-8-10-17(14,11-18)19-12-15(3,4)20-16(5,6)13-19/h7-13,18H2,1-6H3. The SMILES string of the molecule is CC1(C)CN(C2(CN)CCCCC2(C)C)CC(C)(C)O1. The van der Waals surface area contributed by atoms with Crippen molar-refractivity contribution in [3.63, 3.8) is 0 Å². The summed E-state index contributed by atoms with van der Waals surface area (Å²) in [6.07, 6.45) is 5.15. The Morgan fingerprint density at radius 3 is 1.85 bits per heavy atom. The van der Waals surface area contributed by atoms with Gasteiger partial charge in [0.25, 0.3) is 0 Å². The summed E-state index contributed by atoms with van der Waals surface area (Å²) in [7, 11) is 0. The first-order valence-corrected chi connectivity index (χ1v) is 8.19. The van der Waals surface area contributed by atoms with Crippen LogP contribution in [-0.2, 0) is 4.74 Å². The molecule has 1 heterocycles. The fourth-order valence-corrected chi connectivity index (χ4v) is 4.74. The molecular formula is C17H34N2O. The molecular weight excluding hydrogens is 248 g/mol. The Morgan fingerprint density at radius 2 is 1.40 bits per heavy atom. The van der Waals surface area contributed by atoms with Crippen molar-refractivity contribution in [2.24, 2.45) is 11.1 Å². The first-order valence-electron chi connectivity index (χ1n) is 8.19. The summed E-state index contributed by atoms with van der Waals surface area (Å²) in [5.74, 6) is 0. The van der Waals surface area contributed by atoms with Gasteiger partial charge in [0.2, 0.25) is 0 Å². The van der Waals surface area contributed by atoms with Crippen LogP contribution in [0.25, 0.3) is 0 Å². The molecule has 0 aromatic heterocycles. The molecule has 2 fully saturated rings. The molecule has 0 aromatic carbocycles. The lowest BCUT2D eigenvalue weighted by Gasteiger charge is -2.61. The van der Waals surface area contributed by atoms with Gasteiger partial charge in [-0.1, -0.05) is 26.7 Å². The van der Waals surface area contributed by atoms with Gasteiger partial charge in [0.05, 0.1) is 11.2 Å². The summed E-state index contributed by atoms with van der Waals surface area (Å²) < 4.78 is 6.26. The maximum atomic E-state index is 6.34. The second-order valence-corrected chi connectivity index (χ2v) is 8.80. The number of morpholine rings is 1. The highest BCUT2D eigenvalue weighted by Gasteiger charge is 2.53. The zero-order valence-corrected chi connectivity index (χ0v) is 14.4. The molecule has 0 radical (unpaired) electrons. The number of hydrogen-bond acceptors (Lipinski definition) is 3. The van der Waals surface area contributed by atoms with Crippen molar-refractivity contribution in [2.75, 3.05) is 19.6 Å². The average Bonchev–Trinajstić information content (AvgIpc) is 2.24. The van der Waals surface area contributed by atoms with Crippen LogP contribution in [0.2, 0.25) is 0 Å². The zero-order chi connectivity index (χ0) is 15.2. The van der Waals surface area contributed by atoms with E-state index in [1.807, 2.05) is 0 Å². The molecule has 1 saturated heterocycles. The van der Waals surface area contributed by atoms with E-state index in [9.17, 15) is 0 Å². The van der Waals surface area contributed by atoms with E-state index in [0.717, 1.165) is 19.6 Å². The van der Waals surface area contributed by atoms with E-state index in [-0.39, 0.29) is 22.2 Å². The smallest absolute Gasteiger partial charge is 0.0761 e. The summed E-state index contributed by atoms with van der Waals surface area (Å²) in [5.41, 5.74) is 6.55. The highest BCUT2D eigenvalue weighted by Crippen LogP contribution is 2.49. The molecule has 0 spiro atoms. The van der Waals surface area contributed by atoms with Gasteiger partial charge in [-0.15, -0.1) is 0 Å². The fourth-order valence-electron chi connectivity index (χ4n) is 4.74. The Labute approximate surface area is 125 Å². The molecule has 2 aliphatic rings.